The molecule has 0 unspecified atom stereocenters. The molecule has 0 bridgehead atoms. The van der Waals surface area contributed by atoms with Crippen LogP contribution in [0.5, 0.6) is 0 Å². The fourth-order valence-electron chi connectivity index (χ4n) is 1.64. The lowest BCUT2D eigenvalue weighted by atomic mass is 10.1. The van der Waals surface area contributed by atoms with Gasteiger partial charge in [0.1, 0.15) is 0 Å². The van der Waals surface area contributed by atoms with E-state index in [1.807, 2.05) is 0 Å². The fraction of sp³-hybridized carbons (Fsp3) is 0.0625. The number of ether oxygens (including phenoxy) is 1. The standard InChI is InChI=1S/C16H12O4/c1-11(17)13-8-5-9-14(10-13)16(19)20-15(18)12-6-3-2-4-7-12/h2-10H,1H3. The normalized spacial score (nSPS) is 9.85. The second-order valence-corrected chi connectivity index (χ2v) is 4.18. The smallest absolute Gasteiger partial charge is 0.346 e. The van der Waals surface area contributed by atoms with Crippen molar-refractivity contribution in [2.45, 2.75) is 6.92 Å². The lowest BCUT2D eigenvalue weighted by Gasteiger charge is -2.04. The predicted molar refractivity (Wildman–Crippen MR) is 72.6 cm³/mol. The molecule has 0 radical (unpaired) electrons. The average molecular weight is 268 g/mol. The van der Waals surface area contributed by atoms with E-state index in [4.69, 9.17) is 4.74 Å². The summed E-state index contributed by atoms with van der Waals surface area (Å²) in [6, 6.07) is 14.3. The van der Waals surface area contributed by atoms with Gasteiger partial charge in [-0.2, -0.15) is 0 Å². The monoisotopic (exact) mass is 268 g/mol. The maximum absolute atomic E-state index is 11.8. The molecule has 2 aromatic carbocycles. The molecule has 4 heteroatoms. The first-order chi connectivity index (χ1) is 9.58. The van der Waals surface area contributed by atoms with E-state index in [0.29, 0.717) is 11.1 Å². The molecule has 20 heavy (non-hydrogen) atoms. The van der Waals surface area contributed by atoms with Crippen molar-refractivity contribution in [3.8, 4) is 0 Å². The van der Waals surface area contributed by atoms with Gasteiger partial charge in [-0.05, 0) is 31.2 Å². The Hall–Kier alpha value is -2.75. The van der Waals surface area contributed by atoms with Crippen LogP contribution in [0.3, 0.4) is 0 Å². The first-order valence-corrected chi connectivity index (χ1v) is 6.00. The fourth-order valence-corrected chi connectivity index (χ4v) is 1.64. The Kier molecular flexibility index (Phi) is 4.05. The van der Waals surface area contributed by atoms with Gasteiger partial charge >= 0.3 is 11.9 Å². The van der Waals surface area contributed by atoms with Gasteiger partial charge in [0.15, 0.2) is 5.78 Å². The minimum atomic E-state index is -0.776. The van der Waals surface area contributed by atoms with Gasteiger partial charge in [0.05, 0.1) is 11.1 Å². The molecule has 4 nitrogen and oxygen atoms in total. The van der Waals surface area contributed by atoms with Crippen molar-refractivity contribution < 1.29 is 19.1 Å². The number of carbonyl (C=O) groups is 3. The molecule has 0 aliphatic heterocycles. The number of hydrogen-bond acceptors (Lipinski definition) is 4. The highest BCUT2D eigenvalue weighted by atomic mass is 16.6. The Morgan fingerprint density at radius 3 is 1.95 bits per heavy atom. The Morgan fingerprint density at radius 1 is 0.750 bits per heavy atom. The van der Waals surface area contributed by atoms with Crippen LogP contribution in [0.25, 0.3) is 0 Å². The molecule has 0 aromatic heterocycles. The summed E-state index contributed by atoms with van der Waals surface area (Å²) in [6.07, 6.45) is 0. The summed E-state index contributed by atoms with van der Waals surface area (Å²) in [5.74, 6) is -1.65. The topological polar surface area (TPSA) is 60.4 Å². The van der Waals surface area contributed by atoms with E-state index in [1.54, 1.807) is 42.5 Å². The molecule has 0 fully saturated rings. The van der Waals surface area contributed by atoms with Gasteiger partial charge in [0.2, 0.25) is 0 Å². The predicted octanol–water partition coefficient (Wildman–Crippen LogP) is 2.89. The van der Waals surface area contributed by atoms with Crippen LogP contribution in [-0.2, 0) is 4.74 Å². The third kappa shape index (κ3) is 3.17. The number of ketones is 1. The molecule has 100 valence electrons. The maximum Gasteiger partial charge on any atom is 0.346 e. The zero-order valence-electron chi connectivity index (χ0n) is 10.8. The summed E-state index contributed by atoms with van der Waals surface area (Å²) in [4.78, 5) is 34.8. The first kappa shape index (κ1) is 13.7. The number of benzene rings is 2. The molecule has 0 spiro atoms. The number of esters is 2. The summed E-state index contributed by atoms with van der Waals surface area (Å²) in [5, 5.41) is 0. The molecule has 2 rings (SSSR count). The van der Waals surface area contributed by atoms with Gasteiger partial charge in [-0.15, -0.1) is 0 Å². The molecule has 0 N–H and O–H groups in total. The van der Waals surface area contributed by atoms with Crippen molar-refractivity contribution in [3.63, 3.8) is 0 Å². The molecule has 0 heterocycles. The minimum Gasteiger partial charge on any atom is -0.386 e. The van der Waals surface area contributed by atoms with E-state index in [9.17, 15) is 14.4 Å². The largest absolute Gasteiger partial charge is 0.386 e. The SMILES string of the molecule is CC(=O)c1cccc(C(=O)OC(=O)c2ccccc2)c1. The third-order valence-corrected chi connectivity index (χ3v) is 2.70. The van der Waals surface area contributed by atoms with E-state index in [2.05, 4.69) is 0 Å². The van der Waals surface area contributed by atoms with Crippen LogP contribution in [-0.4, -0.2) is 17.7 Å². The quantitative estimate of drug-likeness (QED) is 0.488. The van der Waals surface area contributed by atoms with Crippen LogP contribution < -0.4 is 0 Å². The summed E-state index contributed by atoms with van der Waals surface area (Å²) in [6.45, 7) is 1.40. The number of rotatable bonds is 3. The van der Waals surface area contributed by atoms with Crippen LogP contribution >= 0.6 is 0 Å². The first-order valence-electron chi connectivity index (χ1n) is 6.00. The second-order valence-electron chi connectivity index (χ2n) is 4.18. The van der Waals surface area contributed by atoms with Crippen molar-refractivity contribution in [2.24, 2.45) is 0 Å². The molecule has 2 aromatic rings. The maximum atomic E-state index is 11.8. The van der Waals surface area contributed by atoms with Gasteiger partial charge in [-0.1, -0.05) is 30.3 Å². The van der Waals surface area contributed by atoms with Gasteiger partial charge in [0, 0.05) is 5.56 Å². The zero-order chi connectivity index (χ0) is 14.5. The molecule has 0 amide bonds. The van der Waals surface area contributed by atoms with Crippen molar-refractivity contribution >= 4 is 17.7 Å². The molecule has 0 atom stereocenters. The minimum absolute atomic E-state index is 0.158. The van der Waals surface area contributed by atoms with Crippen molar-refractivity contribution in [2.75, 3.05) is 0 Å². The van der Waals surface area contributed by atoms with E-state index >= 15 is 0 Å². The van der Waals surface area contributed by atoms with Crippen LogP contribution in [0.15, 0.2) is 54.6 Å². The van der Waals surface area contributed by atoms with Gasteiger partial charge in [-0.25, -0.2) is 9.59 Å². The molecule has 0 saturated heterocycles. The zero-order valence-corrected chi connectivity index (χ0v) is 10.8. The van der Waals surface area contributed by atoms with Gasteiger partial charge < -0.3 is 4.74 Å². The number of Topliss-reactive ketones (excluding diaryl/α,β-unsaturated/α-hetero) is 1. The second kappa shape index (κ2) is 5.93. The van der Waals surface area contributed by atoms with Crippen LogP contribution in [0.1, 0.15) is 38.0 Å². The highest BCUT2D eigenvalue weighted by Gasteiger charge is 2.15. The average Bonchev–Trinajstić information content (AvgIpc) is 2.48. The Labute approximate surface area is 116 Å². The van der Waals surface area contributed by atoms with Crippen molar-refractivity contribution in [3.05, 3.63) is 71.3 Å². The number of hydrogen-bond donors (Lipinski definition) is 0. The highest BCUT2D eigenvalue weighted by Crippen LogP contribution is 2.09. The summed E-state index contributed by atoms with van der Waals surface area (Å²) in [7, 11) is 0. The van der Waals surface area contributed by atoms with Gasteiger partial charge in [0.25, 0.3) is 0 Å². The van der Waals surface area contributed by atoms with E-state index in [0.717, 1.165) is 0 Å². The van der Waals surface area contributed by atoms with E-state index in [-0.39, 0.29) is 11.3 Å². The summed E-state index contributed by atoms with van der Waals surface area (Å²) in [5.41, 5.74) is 0.858. The molecular formula is C16H12O4. The third-order valence-electron chi connectivity index (χ3n) is 2.70. The Balaban J connectivity index is 2.15. The number of carbonyl (C=O) groups excluding carboxylic acids is 3. The Bertz CT molecular complexity index is 659. The summed E-state index contributed by atoms with van der Waals surface area (Å²) >= 11 is 0. The van der Waals surface area contributed by atoms with Gasteiger partial charge in [-0.3, -0.25) is 4.79 Å². The lowest BCUT2D eigenvalue weighted by molar-refractivity contribution is 0.0397. The van der Waals surface area contributed by atoms with Crippen LogP contribution in [0.2, 0.25) is 0 Å². The lowest BCUT2D eigenvalue weighted by Crippen LogP contribution is -2.13. The van der Waals surface area contributed by atoms with Crippen LogP contribution in [0.4, 0.5) is 0 Å². The molecule has 0 aliphatic carbocycles. The summed E-state index contributed by atoms with van der Waals surface area (Å²) < 4.78 is 4.77. The Morgan fingerprint density at radius 2 is 1.30 bits per heavy atom. The van der Waals surface area contributed by atoms with Crippen molar-refractivity contribution in [1.29, 1.82) is 0 Å². The van der Waals surface area contributed by atoms with E-state index < -0.39 is 11.9 Å². The molecule has 0 aliphatic rings. The van der Waals surface area contributed by atoms with Crippen LogP contribution in [0, 0.1) is 0 Å². The highest BCUT2D eigenvalue weighted by molar-refractivity contribution is 6.04. The molecular weight excluding hydrogens is 256 g/mol. The molecule has 0 saturated carbocycles. The van der Waals surface area contributed by atoms with E-state index in [1.165, 1.54) is 19.1 Å². The van der Waals surface area contributed by atoms with Crippen molar-refractivity contribution in [1.82, 2.24) is 0 Å².